The average Bonchev–Trinajstić information content (AvgIpc) is 2.94. The van der Waals surface area contributed by atoms with E-state index in [1.165, 1.54) is 30.0 Å². The Labute approximate surface area is 150 Å². The number of nitrogens with zero attached hydrogens (tertiary/aromatic N) is 3. The molecule has 1 heterocycles. The fourth-order valence-electron chi connectivity index (χ4n) is 2.25. The van der Waals surface area contributed by atoms with Crippen LogP contribution in [0.3, 0.4) is 0 Å². The number of benzene rings is 2. The largest absolute Gasteiger partial charge is 0.573 e. The van der Waals surface area contributed by atoms with Crippen molar-refractivity contribution in [2.45, 2.75) is 17.3 Å². The Morgan fingerprint density at radius 1 is 1.04 bits per heavy atom. The minimum atomic E-state index is -4.71. The van der Waals surface area contributed by atoms with Gasteiger partial charge in [0, 0.05) is 12.8 Å². The third kappa shape index (κ3) is 4.34. The molecule has 0 spiro atoms. The molecule has 3 rings (SSSR count). The molecule has 3 aromatic rings. The second-order valence-electron chi connectivity index (χ2n) is 5.33. The summed E-state index contributed by atoms with van der Waals surface area (Å²) < 4.78 is 55.9. The van der Waals surface area contributed by atoms with Gasteiger partial charge in [-0.3, -0.25) is 0 Å². The normalized spacial score (nSPS) is 11.6. The number of alkyl halides is 3. The van der Waals surface area contributed by atoms with E-state index in [0.717, 1.165) is 5.56 Å². The molecular formula is C17H13F4N3OS. The van der Waals surface area contributed by atoms with Crippen LogP contribution >= 0.6 is 11.8 Å². The van der Waals surface area contributed by atoms with E-state index in [4.69, 9.17) is 0 Å². The van der Waals surface area contributed by atoms with Crippen LogP contribution in [0, 0.1) is 5.82 Å². The van der Waals surface area contributed by atoms with E-state index in [9.17, 15) is 17.6 Å². The van der Waals surface area contributed by atoms with Crippen LogP contribution in [0.2, 0.25) is 0 Å². The van der Waals surface area contributed by atoms with E-state index >= 15 is 0 Å². The second kappa shape index (κ2) is 7.36. The number of thioether (sulfide) groups is 1. The third-order valence-corrected chi connectivity index (χ3v) is 4.57. The molecule has 0 atom stereocenters. The van der Waals surface area contributed by atoms with Gasteiger partial charge in [0.1, 0.15) is 11.6 Å². The predicted octanol–water partition coefficient (Wildman–Crippen LogP) is 4.81. The molecule has 136 valence electrons. The van der Waals surface area contributed by atoms with Crippen molar-refractivity contribution >= 4 is 11.8 Å². The van der Waals surface area contributed by atoms with Crippen LogP contribution in [-0.2, 0) is 12.8 Å². The van der Waals surface area contributed by atoms with Gasteiger partial charge in [0.2, 0.25) is 0 Å². The van der Waals surface area contributed by atoms with Crippen LogP contribution < -0.4 is 4.74 Å². The van der Waals surface area contributed by atoms with Gasteiger partial charge in [-0.2, -0.15) is 0 Å². The Kier molecular flexibility index (Phi) is 5.17. The minimum Gasteiger partial charge on any atom is -0.406 e. The van der Waals surface area contributed by atoms with Crippen LogP contribution in [-0.4, -0.2) is 21.1 Å². The van der Waals surface area contributed by atoms with Gasteiger partial charge in [0.05, 0.1) is 5.56 Å². The zero-order valence-electron chi connectivity index (χ0n) is 13.5. The van der Waals surface area contributed by atoms with Gasteiger partial charge >= 0.3 is 6.36 Å². The summed E-state index contributed by atoms with van der Waals surface area (Å²) in [5, 5.41) is 8.64. The molecule has 26 heavy (non-hydrogen) atoms. The quantitative estimate of drug-likeness (QED) is 0.468. The molecule has 0 bridgehead atoms. The summed E-state index contributed by atoms with van der Waals surface area (Å²) in [6.07, 6.45) is -4.71. The smallest absolute Gasteiger partial charge is 0.406 e. The average molecular weight is 383 g/mol. The van der Waals surface area contributed by atoms with E-state index in [1.807, 2.05) is 0 Å². The Morgan fingerprint density at radius 2 is 1.73 bits per heavy atom. The molecule has 2 aromatic carbocycles. The van der Waals surface area contributed by atoms with E-state index in [0.29, 0.717) is 22.3 Å². The monoisotopic (exact) mass is 383 g/mol. The number of hydrogen-bond donors (Lipinski definition) is 0. The molecular weight excluding hydrogens is 370 g/mol. The summed E-state index contributed by atoms with van der Waals surface area (Å²) in [5.41, 5.74) is 1.14. The standard InChI is InChI=1S/C17H13F4N3OS/c1-24-15(13-4-2-3-5-14(13)18)22-23-16(24)26-10-11-6-8-12(9-7-11)25-17(19,20)21/h2-9H,10H2,1H3. The maximum Gasteiger partial charge on any atom is 0.573 e. The van der Waals surface area contributed by atoms with Gasteiger partial charge in [-0.1, -0.05) is 36.0 Å². The maximum absolute atomic E-state index is 13.9. The van der Waals surface area contributed by atoms with Gasteiger partial charge in [0.25, 0.3) is 0 Å². The zero-order valence-corrected chi connectivity index (χ0v) is 14.3. The molecule has 0 saturated heterocycles. The maximum atomic E-state index is 13.9. The molecule has 0 amide bonds. The molecule has 0 fully saturated rings. The second-order valence-corrected chi connectivity index (χ2v) is 6.27. The summed E-state index contributed by atoms with van der Waals surface area (Å²) in [7, 11) is 1.73. The number of aromatic nitrogens is 3. The first-order valence-corrected chi connectivity index (χ1v) is 8.44. The third-order valence-electron chi connectivity index (χ3n) is 3.47. The van der Waals surface area contributed by atoms with E-state index in [2.05, 4.69) is 14.9 Å². The lowest BCUT2D eigenvalue weighted by Gasteiger charge is -2.09. The molecule has 0 aliphatic rings. The summed E-state index contributed by atoms with van der Waals surface area (Å²) in [4.78, 5) is 0. The number of ether oxygens (including phenoxy) is 1. The van der Waals surface area contributed by atoms with Crippen molar-refractivity contribution in [2.75, 3.05) is 0 Å². The first-order chi connectivity index (χ1) is 12.3. The van der Waals surface area contributed by atoms with Crippen LogP contribution in [0.15, 0.2) is 53.7 Å². The van der Waals surface area contributed by atoms with Crippen molar-refractivity contribution in [1.29, 1.82) is 0 Å². The van der Waals surface area contributed by atoms with E-state index in [1.54, 1.807) is 41.9 Å². The highest BCUT2D eigenvalue weighted by molar-refractivity contribution is 7.98. The van der Waals surface area contributed by atoms with Crippen LogP contribution in [0.4, 0.5) is 17.6 Å². The Morgan fingerprint density at radius 3 is 2.38 bits per heavy atom. The van der Waals surface area contributed by atoms with E-state index < -0.39 is 6.36 Å². The lowest BCUT2D eigenvalue weighted by molar-refractivity contribution is -0.274. The molecule has 4 nitrogen and oxygen atoms in total. The minimum absolute atomic E-state index is 0.272. The van der Waals surface area contributed by atoms with Crippen LogP contribution in [0.25, 0.3) is 11.4 Å². The summed E-state index contributed by atoms with van der Waals surface area (Å²) >= 11 is 1.34. The Bertz CT molecular complexity index is 894. The van der Waals surface area contributed by atoms with Crippen molar-refractivity contribution in [2.24, 2.45) is 7.05 Å². The molecule has 9 heteroatoms. The fourth-order valence-corrected chi connectivity index (χ4v) is 3.12. The summed E-state index contributed by atoms with van der Waals surface area (Å²) in [5.74, 6) is 0.210. The van der Waals surface area contributed by atoms with Gasteiger partial charge in [0.15, 0.2) is 11.0 Å². The van der Waals surface area contributed by atoms with E-state index in [-0.39, 0.29) is 11.6 Å². The van der Waals surface area contributed by atoms with Crippen molar-refractivity contribution < 1.29 is 22.3 Å². The highest BCUT2D eigenvalue weighted by atomic mass is 32.2. The zero-order chi connectivity index (χ0) is 18.7. The van der Waals surface area contributed by atoms with Gasteiger partial charge in [-0.25, -0.2) is 4.39 Å². The molecule has 0 aliphatic heterocycles. The van der Waals surface area contributed by atoms with Gasteiger partial charge in [-0.15, -0.1) is 23.4 Å². The highest BCUT2D eigenvalue weighted by Crippen LogP contribution is 2.28. The molecule has 1 aromatic heterocycles. The lowest BCUT2D eigenvalue weighted by atomic mass is 10.2. The highest BCUT2D eigenvalue weighted by Gasteiger charge is 2.30. The summed E-state index contributed by atoms with van der Waals surface area (Å²) in [6.45, 7) is 0. The summed E-state index contributed by atoms with van der Waals surface area (Å²) in [6, 6.07) is 11.9. The van der Waals surface area contributed by atoms with Crippen LogP contribution in [0.1, 0.15) is 5.56 Å². The Hall–Kier alpha value is -2.55. The van der Waals surface area contributed by atoms with Crippen LogP contribution in [0.5, 0.6) is 5.75 Å². The van der Waals surface area contributed by atoms with Gasteiger partial charge < -0.3 is 9.30 Å². The molecule has 0 unspecified atom stereocenters. The predicted molar refractivity (Wildman–Crippen MR) is 89.1 cm³/mol. The molecule has 0 aliphatic carbocycles. The number of rotatable bonds is 5. The molecule has 0 saturated carbocycles. The molecule has 0 radical (unpaired) electrons. The van der Waals surface area contributed by atoms with Crippen molar-refractivity contribution in [3.05, 3.63) is 59.9 Å². The lowest BCUT2D eigenvalue weighted by Crippen LogP contribution is -2.16. The van der Waals surface area contributed by atoms with Crippen molar-refractivity contribution in [3.63, 3.8) is 0 Å². The first-order valence-electron chi connectivity index (χ1n) is 7.45. The van der Waals surface area contributed by atoms with Crippen molar-refractivity contribution in [3.8, 4) is 17.1 Å². The first kappa shape index (κ1) is 18.2. The van der Waals surface area contributed by atoms with Gasteiger partial charge in [-0.05, 0) is 29.8 Å². The number of halogens is 4. The molecule has 0 N–H and O–H groups in total. The fraction of sp³-hybridized carbons (Fsp3) is 0.176. The topological polar surface area (TPSA) is 39.9 Å². The van der Waals surface area contributed by atoms with Crippen molar-refractivity contribution in [1.82, 2.24) is 14.8 Å². The Balaban J connectivity index is 1.68. The number of hydrogen-bond acceptors (Lipinski definition) is 4. The SMILES string of the molecule is Cn1c(SCc2ccc(OC(F)(F)F)cc2)nnc1-c1ccccc1F.